The molecule has 2 aromatic carbocycles. The van der Waals surface area contributed by atoms with Crippen LogP contribution in [0.5, 0.6) is 0 Å². The van der Waals surface area contributed by atoms with Crippen LogP contribution in [0.4, 0.5) is 20.6 Å². The fraction of sp³-hybridized carbons (Fsp3) is 0.235. The lowest BCUT2D eigenvalue weighted by atomic mass is 10.1. The highest BCUT2D eigenvalue weighted by molar-refractivity contribution is 5.99. The molecule has 0 spiro atoms. The molecule has 110 valence electrons. The number of anilines is 2. The molecule has 2 aromatic rings. The van der Waals surface area contributed by atoms with Crippen molar-refractivity contribution in [2.45, 2.75) is 26.2 Å². The fourth-order valence-electron chi connectivity index (χ4n) is 1.96. The van der Waals surface area contributed by atoms with Gasteiger partial charge in [-0.05, 0) is 54.8 Å². The number of aryl methyl sites for hydroxylation is 1. The lowest BCUT2D eigenvalue weighted by Crippen LogP contribution is -2.19. The third-order valence-electron chi connectivity index (χ3n) is 3.13. The Morgan fingerprint density at radius 2 is 1.48 bits per heavy atom. The number of benzene rings is 2. The smallest absolute Gasteiger partial charge is 0.308 e. The van der Waals surface area contributed by atoms with E-state index in [0.29, 0.717) is 5.69 Å². The van der Waals surface area contributed by atoms with E-state index in [-0.39, 0.29) is 11.8 Å². The van der Waals surface area contributed by atoms with Crippen molar-refractivity contribution in [1.82, 2.24) is 0 Å². The molecular formula is C17H19FN2O. The van der Waals surface area contributed by atoms with Gasteiger partial charge in [0, 0.05) is 11.4 Å². The summed E-state index contributed by atoms with van der Waals surface area (Å²) in [7, 11) is 0. The van der Waals surface area contributed by atoms with Crippen LogP contribution in [0.25, 0.3) is 0 Å². The maximum Gasteiger partial charge on any atom is 0.323 e. The average molecular weight is 286 g/mol. The monoisotopic (exact) mass is 286 g/mol. The number of rotatable bonds is 5. The molecule has 0 atom stereocenters. The molecule has 0 heterocycles. The van der Waals surface area contributed by atoms with Crippen LogP contribution in [0.3, 0.4) is 0 Å². The molecule has 3 nitrogen and oxygen atoms in total. The van der Waals surface area contributed by atoms with Crippen LogP contribution in [-0.4, -0.2) is 6.03 Å². The average Bonchev–Trinajstić information content (AvgIpc) is 2.49. The first-order valence-corrected chi connectivity index (χ1v) is 7.10. The van der Waals surface area contributed by atoms with Gasteiger partial charge in [-0.3, -0.25) is 0 Å². The minimum Gasteiger partial charge on any atom is -0.308 e. The zero-order chi connectivity index (χ0) is 15.1. The summed E-state index contributed by atoms with van der Waals surface area (Å²) in [6.07, 6.45) is 3.39. The maximum absolute atomic E-state index is 12.8. The molecule has 0 radical (unpaired) electrons. The Bertz CT molecular complexity index is 579. The van der Waals surface area contributed by atoms with E-state index in [1.54, 1.807) is 0 Å². The second-order valence-corrected chi connectivity index (χ2v) is 4.89. The molecule has 0 aliphatic carbocycles. The van der Waals surface area contributed by atoms with Gasteiger partial charge in [-0.15, -0.1) is 0 Å². The predicted octanol–water partition coefficient (Wildman–Crippen LogP) is 4.81. The van der Waals surface area contributed by atoms with E-state index in [0.717, 1.165) is 18.5 Å². The Labute approximate surface area is 124 Å². The highest BCUT2D eigenvalue weighted by Crippen LogP contribution is 2.13. The predicted molar refractivity (Wildman–Crippen MR) is 84.1 cm³/mol. The molecular weight excluding hydrogens is 267 g/mol. The van der Waals surface area contributed by atoms with E-state index in [4.69, 9.17) is 0 Å². The summed E-state index contributed by atoms with van der Waals surface area (Å²) in [6, 6.07) is 13.1. The highest BCUT2D eigenvalue weighted by atomic mass is 19.1. The van der Waals surface area contributed by atoms with Crippen LogP contribution in [0.2, 0.25) is 0 Å². The molecule has 4 heteroatoms. The number of halogens is 1. The number of carbonyl (C=O) groups excluding carboxylic acids is 1. The summed E-state index contributed by atoms with van der Waals surface area (Å²) < 4.78 is 12.8. The quantitative estimate of drug-likeness (QED) is 0.813. The standard InChI is InChI=1S/C17H19FN2O/c1-2-3-4-13-5-9-15(10-6-13)19-17(21)20-16-11-7-14(18)8-12-16/h5-12H,2-4H2,1H3,(H2,19,20,21). The molecule has 0 saturated heterocycles. The van der Waals surface area contributed by atoms with E-state index >= 15 is 0 Å². The van der Waals surface area contributed by atoms with Gasteiger partial charge in [-0.2, -0.15) is 0 Å². The molecule has 0 aromatic heterocycles. The number of carbonyl (C=O) groups is 1. The zero-order valence-electron chi connectivity index (χ0n) is 12.0. The molecule has 2 rings (SSSR count). The van der Waals surface area contributed by atoms with E-state index in [9.17, 15) is 9.18 Å². The number of hydrogen-bond acceptors (Lipinski definition) is 1. The van der Waals surface area contributed by atoms with Crippen molar-refractivity contribution in [3.05, 3.63) is 59.9 Å². The number of hydrogen-bond donors (Lipinski definition) is 2. The highest BCUT2D eigenvalue weighted by Gasteiger charge is 2.03. The Balaban J connectivity index is 1.88. The Hall–Kier alpha value is -2.36. The maximum atomic E-state index is 12.8. The van der Waals surface area contributed by atoms with Crippen LogP contribution < -0.4 is 10.6 Å². The topological polar surface area (TPSA) is 41.1 Å². The van der Waals surface area contributed by atoms with Gasteiger partial charge in [0.25, 0.3) is 0 Å². The van der Waals surface area contributed by atoms with Crippen LogP contribution in [0, 0.1) is 5.82 Å². The van der Waals surface area contributed by atoms with Crippen LogP contribution in [0.1, 0.15) is 25.3 Å². The minimum absolute atomic E-state index is 0.330. The summed E-state index contributed by atoms with van der Waals surface area (Å²) >= 11 is 0. The Morgan fingerprint density at radius 3 is 2.00 bits per heavy atom. The number of urea groups is 1. The molecule has 2 amide bonds. The van der Waals surface area contributed by atoms with Crippen molar-refractivity contribution in [3.8, 4) is 0 Å². The van der Waals surface area contributed by atoms with E-state index in [1.807, 2.05) is 24.3 Å². The van der Waals surface area contributed by atoms with Gasteiger partial charge in [-0.25, -0.2) is 9.18 Å². The molecule has 21 heavy (non-hydrogen) atoms. The van der Waals surface area contributed by atoms with E-state index < -0.39 is 0 Å². The second kappa shape index (κ2) is 7.43. The summed E-state index contributed by atoms with van der Waals surface area (Å²) in [6.45, 7) is 2.16. The SMILES string of the molecule is CCCCc1ccc(NC(=O)Nc2ccc(F)cc2)cc1. The molecule has 0 aliphatic heterocycles. The third-order valence-corrected chi connectivity index (χ3v) is 3.13. The number of amides is 2. The van der Waals surface area contributed by atoms with Crippen molar-refractivity contribution >= 4 is 17.4 Å². The van der Waals surface area contributed by atoms with Crippen molar-refractivity contribution in [3.63, 3.8) is 0 Å². The Kier molecular flexibility index (Phi) is 5.32. The van der Waals surface area contributed by atoms with Gasteiger partial charge in [0.2, 0.25) is 0 Å². The molecule has 0 unspecified atom stereocenters. The molecule has 0 aliphatic rings. The van der Waals surface area contributed by atoms with Gasteiger partial charge in [0.15, 0.2) is 0 Å². The van der Waals surface area contributed by atoms with Gasteiger partial charge < -0.3 is 10.6 Å². The summed E-state index contributed by atoms with van der Waals surface area (Å²) in [4.78, 5) is 11.8. The first-order chi connectivity index (χ1) is 10.2. The van der Waals surface area contributed by atoms with Gasteiger partial charge >= 0.3 is 6.03 Å². The number of nitrogens with one attached hydrogen (secondary N) is 2. The van der Waals surface area contributed by atoms with Gasteiger partial charge in [-0.1, -0.05) is 25.5 Å². The third kappa shape index (κ3) is 4.91. The normalized spacial score (nSPS) is 10.2. The van der Waals surface area contributed by atoms with Crippen LogP contribution >= 0.6 is 0 Å². The van der Waals surface area contributed by atoms with Gasteiger partial charge in [0.05, 0.1) is 0 Å². The Morgan fingerprint density at radius 1 is 0.952 bits per heavy atom. The van der Waals surface area contributed by atoms with Crippen molar-refractivity contribution < 1.29 is 9.18 Å². The minimum atomic E-state index is -0.345. The van der Waals surface area contributed by atoms with Crippen LogP contribution in [0.15, 0.2) is 48.5 Å². The number of unbranched alkanes of at least 4 members (excludes halogenated alkanes) is 1. The fourth-order valence-corrected chi connectivity index (χ4v) is 1.96. The van der Waals surface area contributed by atoms with Gasteiger partial charge in [0.1, 0.15) is 5.82 Å². The second-order valence-electron chi connectivity index (χ2n) is 4.89. The van der Waals surface area contributed by atoms with E-state index in [1.165, 1.54) is 36.2 Å². The summed E-state index contributed by atoms with van der Waals surface area (Å²) in [5.74, 6) is -0.330. The first-order valence-electron chi connectivity index (χ1n) is 7.10. The van der Waals surface area contributed by atoms with E-state index in [2.05, 4.69) is 17.6 Å². The van der Waals surface area contributed by atoms with Crippen molar-refractivity contribution in [2.75, 3.05) is 10.6 Å². The first kappa shape index (κ1) is 15.0. The van der Waals surface area contributed by atoms with Crippen molar-refractivity contribution in [1.29, 1.82) is 0 Å². The molecule has 2 N–H and O–H groups in total. The molecule has 0 fully saturated rings. The largest absolute Gasteiger partial charge is 0.323 e. The summed E-state index contributed by atoms with van der Waals surface area (Å²) in [5, 5.41) is 5.39. The lowest BCUT2D eigenvalue weighted by Gasteiger charge is -2.08. The van der Waals surface area contributed by atoms with Crippen LogP contribution in [-0.2, 0) is 6.42 Å². The lowest BCUT2D eigenvalue weighted by molar-refractivity contribution is 0.262. The molecule has 0 bridgehead atoms. The molecule has 0 saturated carbocycles. The zero-order valence-corrected chi connectivity index (χ0v) is 12.0. The summed E-state index contributed by atoms with van der Waals surface area (Å²) in [5.41, 5.74) is 2.55. The van der Waals surface area contributed by atoms with Crippen molar-refractivity contribution in [2.24, 2.45) is 0 Å².